The van der Waals surface area contributed by atoms with Crippen LogP contribution in [0.15, 0.2) is 4.99 Å². The fourth-order valence-electron chi connectivity index (χ4n) is 2.55. The van der Waals surface area contributed by atoms with Crippen molar-refractivity contribution in [1.29, 1.82) is 0 Å². The van der Waals surface area contributed by atoms with Gasteiger partial charge in [0.05, 0.1) is 29.0 Å². The predicted octanol–water partition coefficient (Wildman–Crippen LogP) is 3.79. The van der Waals surface area contributed by atoms with Crippen LogP contribution in [-0.2, 0) is 11.2 Å². The zero-order valence-corrected chi connectivity index (χ0v) is 21.0. The SMILES string of the molecule is CCOC(=O)c1sc(C(C)NC(=NC)NCCc2sc(C)nc2C)nc1C.I. The third-order valence-corrected chi connectivity index (χ3v) is 6.32. The van der Waals surface area contributed by atoms with E-state index in [4.69, 9.17) is 4.74 Å². The minimum absolute atomic E-state index is 0. The summed E-state index contributed by atoms with van der Waals surface area (Å²) in [7, 11) is 1.74. The molecule has 0 saturated heterocycles. The Labute approximate surface area is 191 Å². The number of carbonyl (C=O) groups excluding carboxylic acids is 1. The number of carbonyl (C=O) groups is 1. The molecule has 0 aliphatic rings. The Hall–Kier alpha value is -1.27. The lowest BCUT2D eigenvalue weighted by Crippen LogP contribution is -2.39. The van der Waals surface area contributed by atoms with Gasteiger partial charge in [-0.2, -0.15) is 0 Å². The average molecular weight is 537 g/mol. The molecule has 28 heavy (non-hydrogen) atoms. The van der Waals surface area contributed by atoms with Crippen molar-refractivity contribution in [3.05, 3.63) is 31.2 Å². The summed E-state index contributed by atoms with van der Waals surface area (Å²) in [5.74, 6) is 0.385. The second-order valence-corrected chi connectivity index (χ2v) is 8.36. The van der Waals surface area contributed by atoms with Gasteiger partial charge in [0.25, 0.3) is 0 Å². The van der Waals surface area contributed by atoms with Crippen LogP contribution in [0.25, 0.3) is 0 Å². The molecule has 0 radical (unpaired) electrons. The number of guanidine groups is 1. The van der Waals surface area contributed by atoms with E-state index in [0.717, 1.165) is 28.7 Å². The number of hydrogen-bond acceptors (Lipinski definition) is 7. The van der Waals surface area contributed by atoms with Crippen LogP contribution >= 0.6 is 46.7 Å². The van der Waals surface area contributed by atoms with Crippen molar-refractivity contribution in [2.24, 2.45) is 4.99 Å². The summed E-state index contributed by atoms with van der Waals surface area (Å²) in [5, 5.41) is 8.56. The molecule has 1 atom stereocenters. The van der Waals surface area contributed by atoms with Crippen LogP contribution in [0.2, 0.25) is 0 Å². The van der Waals surface area contributed by atoms with Gasteiger partial charge in [-0.1, -0.05) is 0 Å². The van der Waals surface area contributed by atoms with Crippen molar-refractivity contribution in [2.75, 3.05) is 20.2 Å². The van der Waals surface area contributed by atoms with Gasteiger partial charge in [-0.3, -0.25) is 4.99 Å². The maximum atomic E-state index is 12.0. The summed E-state index contributed by atoms with van der Waals surface area (Å²) in [4.78, 5) is 27.1. The van der Waals surface area contributed by atoms with Crippen molar-refractivity contribution in [3.63, 3.8) is 0 Å². The largest absolute Gasteiger partial charge is 0.462 e. The number of rotatable bonds is 7. The number of aromatic nitrogens is 2. The van der Waals surface area contributed by atoms with Gasteiger partial charge in [-0.25, -0.2) is 14.8 Å². The molecule has 7 nitrogen and oxygen atoms in total. The Morgan fingerprint density at radius 2 is 1.93 bits per heavy atom. The molecule has 0 bridgehead atoms. The molecule has 0 fully saturated rings. The zero-order valence-electron chi connectivity index (χ0n) is 17.1. The number of hydrogen-bond donors (Lipinski definition) is 2. The monoisotopic (exact) mass is 537 g/mol. The Balaban J connectivity index is 0.00000392. The Kier molecular flexibility index (Phi) is 10.3. The minimum atomic E-state index is -0.316. The van der Waals surface area contributed by atoms with E-state index in [-0.39, 0.29) is 36.0 Å². The van der Waals surface area contributed by atoms with Crippen molar-refractivity contribution in [3.8, 4) is 0 Å². The normalized spacial score (nSPS) is 12.3. The van der Waals surface area contributed by atoms with Gasteiger partial charge in [-0.05, 0) is 34.6 Å². The van der Waals surface area contributed by atoms with Gasteiger partial charge in [-0.15, -0.1) is 46.7 Å². The highest BCUT2D eigenvalue weighted by molar-refractivity contribution is 14.0. The summed E-state index contributed by atoms with van der Waals surface area (Å²) in [5.41, 5.74) is 1.79. The van der Waals surface area contributed by atoms with Crippen LogP contribution in [0.3, 0.4) is 0 Å². The van der Waals surface area contributed by atoms with Crippen LogP contribution in [0.5, 0.6) is 0 Å². The van der Waals surface area contributed by atoms with Crippen LogP contribution in [0.1, 0.15) is 55.8 Å². The number of thiazole rings is 2. The summed E-state index contributed by atoms with van der Waals surface area (Å²) in [6.07, 6.45) is 0.899. The topological polar surface area (TPSA) is 88.5 Å². The van der Waals surface area contributed by atoms with E-state index in [1.165, 1.54) is 16.2 Å². The zero-order chi connectivity index (χ0) is 20.0. The second-order valence-electron chi connectivity index (χ2n) is 6.04. The van der Waals surface area contributed by atoms with E-state index >= 15 is 0 Å². The Bertz CT molecular complexity index is 819. The number of nitrogens with zero attached hydrogens (tertiary/aromatic N) is 3. The molecule has 10 heteroatoms. The van der Waals surface area contributed by atoms with Crippen LogP contribution in [-0.4, -0.2) is 42.1 Å². The molecule has 156 valence electrons. The lowest BCUT2D eigenvalue weighted by atomic mass is 10.3. The molecule has 0 aliphatic heterocycles. The summed E-state index contributed by atoms with van der Waals surface area (Å²) in [6.45, 7) is 10.8. The number of nitrogens with one attached hydrogen (secondary N) is 2. The van der Waals surface area contributed by atoms with Crippen molar-refractivity contribution >= 4 is 58.6 Å². The predicted molar refractivity (Wildman–Crippen MR) is 126 cm³/mol. The number of halogens is 1. The average Bonchev–Trinajstić information content (AvgIpc) is 3.16. The number of aryl methyl sites for hydroxylation is 3. The summed E-state index contributed by atoms with van der Waals surface area (Å²) < 4.78 is 5.08. The number of ether oxygens (including phenoxy) is 1. The van der Waals surface area contributed by atoms with Gasteiger partial charge < -0.3 is 15.4 Å². The van der Waals surface area contributed by atoms with Gasteiger partial charge in [0, 0.05) is 24.9 Å². The molecule has 0 spiro atoms. The summed E-state index contributed by atoms with van der Waals surface area (Å²) >= 11 is 3.09. The van der Waals surface area contributed by atoms with Gasteiger partial charge in [0.15, 0.2) is 5.96 Å². The molecule has 2 rings (SSSR count). The third kappa shape index (κ3) is 6.66. The fraction of sp³-hybridized carbons (Fsp3) is 0.556. The standard InChI is InChI=1S/C18H27N5O2S2.HI/c1-7-25-17(24)15-11(3)22-16(27-15)12(4)23-18(19-6)20-9-8-14-10(2)21-13(5)26-14;/h12H,7-9H2,1-6H3,(H2,19,20,23);1H. The Morgan fingerprint density at radius 1 is 1.21 bits per heavy atom. The molecular formula is C18H28IN5O2S2. The fourth-order valence-corrected chi connectivity index (χ4v) is 4.45. The van der Waals surface area contributed by atoms with Crippen LogP contribution < -0.4 is 10.6 Å². The van der Waals surface area contributed by atoms with E-state index in [1.54, 1.807) is 25.3 Å². The number of esters is 1. The molecule has 0 aromatic carbocycles. The van der Waals surface area contributed by atoms with E-state index in [1.807, 2.05) is 27.7 Å². The highest BCUT2D eigenvalue weighted by Crippen LogP contribution is 2.24. The van der Waals surface area contributed by atoms with Crippen molar-refractivity contribution in [1.82, 2.24) is 20.6 Å². The quantitative estimate of drug-likeness (QED) is 0.242. The highest BCUT2D eigenvalue weighted by Gasteiger charge is 2.20. The smallest absolute Gasteiger partial charge is 0.350 e. The molecule has 2 aromatic heterocycles. The first-order chi connectivity index (χ1) is 12.8. The van der Waals surface area contributed by atoms with E-state index in [2.05, 4.69) is 25.6 Å². The first-order valence-corrected chi connectivity index (χ1v) is 10.5. The van der Waals surface area contributed by atoms with E-state index in [9.17, 15) is 4.79 Å². The Morgan fingerprint density at radius 3 is 2.50 bits per heavy atom. The summed E-state index contributed by atoms with van der Waals surface area (Å²) in [6, 6.07) is -0.0736. The van der Waals surface area contributed by atoms with Gasteiger partial charge in [0.1, 0.15) is 9.88 Å². The third-order valence-electron chi connectivity index (χ3n) is 3.87. The second kappa shape index (κ2) is 11.7. The van der Waals surface area contributed by atoms with Crippen molar-refractivity contribution in [2.45, 2.75) is 47.1 Å². The van der Waals surface area contributed by atoms with Crippen LogP contribution in [0, 0.1) is 20.8 Å². The molecule has 2 N–H and O–H groups in total. The molecule has 0 amide bonds. The van der Waals surface area contributed by atoms with E-state index in [0.29, 0.717) is 23.1 Å². The lowest BCUT2D eigenvalue weighted by Gasteiger charge is -2.16. The molecular weight excluding hydrogens is 509 g/mol. The molecule has 2 heterocycles. The maximum absolute atomic E-state index is 12.0. The lowest BCUT2D eigenvalue weighted by molar-refractivity contribution is 0.0531. The number of aliphatic imine (C=N–C) groups is 1. The van der Waals surface area contributed by atoms with Crippen molar-refractivity contribution < 1.29 is 9.53 Å². The first-order valence-electron chi connectivity index (χ1n) is 8.90. The van der Waals surface area contributed by atoms with Crippen LogP contribution in [0.4, 0.5) is 0 Å². The molecule has 0 aliphatic carbocycles. The van der Waals surface area contributed by atoms with E-state index < -0.39 is 0 Å². The maximum Gasteiger partial charge on any atom is 0.350 e. The van der Waals surface area contributed by atoms with Gasteiger partial charge in [0.2, 0.25) is 0 Å². The first kappa shape index (κ1) is 24.8. The molecule has 1 unspecified atom stereocenters. The van der Waals surface area contributed by atoms with Gasteiger partial charge >= 0.3 is 5.97 Å². The molecule has 0 saturated carbocycles. The molecule has 2 aromatic rings. The highest BCUT2D eigenvalue weighted by atomic mass is 127. The minimum Gasteiger partial charge on any atom is -0.462 e.